The van der Waals surface area contributed by atoms with Gasteiger partial charge in [0.25, 0.3) is 5.91 Å². The first-order chi connectivity index (χ1) is 11.0. The Labute approximate surface area is 154 Å². The number of halogens is 2. The maximum atomic E-state index is 12.3. The highest BCUT2D eigenvalue weighted by atomic mass is 35.5. The quantitative estimate of drug-likeness (QED) is 0.723. The van der Waals surface area contributed by atoms with E-state index in [4.69, 9.17) is 11.6 Å². The molecule has 5 nitrogen and oxygen atoms in total. The van der Waals surface area contributed by atoms with Gasteiger partial charge in [-0.15, -0.1) is 12.4 Å². The van der Waals surface area contributed by atoms with E-state index in [1.165, 1.54) is 11.3 Å². The van der Waals surface area contributed by atoms with Crippen LogP contribution in [0.25, 0.3) is 10.6 Å². The van der Waals surface area contributed by atoms with Crippen molar-refractivity contribution < 1.29 is 4.79 Å². The largest absolute Gasteiger partial charge is 0.298 e. The molecule has 3 aromatic rings. The van der Waals surface area contributed by atoms with Crippen LogP contribution in [0.15, 0.2) is 36.8 Å². The molecular formula is C16H14Cl2N4OS. The van der Waals surface area contributed by atoms with Crippen LogP contribution < -0.4 is 5.32 Å². The molecule has 0 saturated carbocycles. The number of pyridine rings is 2. The van der Waals surface area contributed by atoms with Crippen LogP contribution >= 0.6 is 35.3 Å². The van der Waals surface area contributed by atoms with E-state index in [0.717, 1.165) is 21.8 Å². The lowest BCUT2D eigenvalue weighted by molar-refractivity contribution is 0.102. The smallest absolute Gasteiger partial charge is 0.257 e. The summed E-state index contributed by atoms with van der Waals surface area (Å²) in [7, 11) is 0. The fourth-order valence-corrected chi connectivity index (χ4v) is 3.20. The van der Waals surface area contributed by atoms with Crippen molar-refractivity contribution in [2.24, 2.45) is 0 Å². The number of rotatable bonds is 3. The third kappa shape index (κ3) is 3.90. The molecule has 0 radical (unpaired) electrons. The Morgan fingerprint density at radius 3 is 2.75 bits per heavy atom. The van der Waals surface area contributed by atoms with Crippen molar-refractivity contribution in [2.75, 3.05) is 5.32 Å². The highest BCUT2D eigenvalue weighted by Crippen LogP contribution is 2.32. The van der Waals surface area contributed by atoms with Crippen LogP contribution in [-0.2, 0) is 0 Å². The van der Waals surface area contributed by atoms with Crippen molar-refractivity contribution in [2.45, 2.75) is 13.8 Å². The molecule has 1 N–H and O–H groups in total. The van der Waals surface area contributed by atoms with Crippen molar-refractivity contribution in [1.82, 2.24) is 15.0 Å². The van der Waals surface area contributed by atoms with E-state index in [2.05, 4.69) is 20.3 Å². The van der Waals surface area contributed by atoms with Crippen molar-refractivity contribution in [3.8, 4) is 10.6 Å². The van der Waals surface area contributed by atoms with Crippen molar-refractivity contribution >= 4 is 46.4 Å². The number of hydrogen-bond donors (Lipinski definition) is 1. The zero-order chi connectivity index (χ0) is 16.4. The molecule has 0 atom stereocenters. The second kappa shape index (κ2) is 7.70. The number of hydrogen-bond acceptors (Lipinski definition) is 5. The molecule has 0 fully saturated rings. The average Bonchev–Trinajstić information content (AvgIpc) is 2.88. The van der Waals surface area contributed by atoms with E-state index in [1.807, 2.05) is 13.8 Å². The lowest BCUT2D eigenvalue weighted by atomic mass is 10.1. The molecule has 1 amide bonds. The predicted octanol–water partition coefficient (Wildman–Crippen LogP) is 4.54. The minimum atomic E-state index is -0.204. The summed E-state index contributed by atoms with van der Waals surface area (Å²) < 4.78 is 0. The SMILES string of the molecule is Cc1cnccc1C(=O)Nc1nc(C)c(-c2cc(Cl)ccn2)s1.Cl. The standard InChI is InChI=1S/C16H13ClN4OS.ClH/c1-9-8-18-5-4-12(9)15(22)21-16-20-10(2)14(23-16)13-7-11(17)3-6-19-13;/h3-8H,1-2H3,(H,20,21,22);1H. The van der Waals surface area contributed by atoms with E-state index < -0.39 is 0 Å². The van der Waals surface area contributed by atoms with Gasteiger partial charge in [-0.05, 0) is 37.6 Å². The van der Waals surface area contributed by atoms with Crippen molar-refractivity contribution in [3.05, 3.63) is 58.6 Å². The fourth-order valence-electron chi connectivity index (χ4n) is 2.11. The van der Waals surface area contributed by atoms with E-state index in [1.54, 1.807) is 36.8 Å². The van der Waals surface area contributed by atoms with Crippen LogP contribution in [0.2, 0.25) is 5.02 Å². The van der Waals surface area contributed by atoms with E-state index in [9.17, 15) is 4.79 Å². The lowest BCUT2D eigenvalue weighted by Crippen LogP contribution is -2.13. The summed E-state index contributed by atoms with van der Waals surface area (Å²) in [6.07, 6.45) is 4.90. The van der Waals surface area contributed by atoms with Gasteiger partial charge in [-0.3, -0.25) is 20.1 Å². The van der Waals surface area contributed by atoms with Gasteiger partial charge in [-0.25, -0.2) is 4.98 Å². The number of anilines is 1. The first-order valence-corrected chi connectivity index (χ1v) is 8.05. The molecule has 124 valence electrons. The van der Waals surface area contributed by atoms with Gasteiger partial charge in [0.1, 0.15) is 0 Å². The molecule has 3 heterocycles. The molecule has 0 spiro atoms. The molecule has 0 aliphatic carbocycles. The third-order valence-electron chi connectivity index (χ3n) is 3.24. The topological polar surface area (TPSA) is 67.8 Å². The molecule has 0 bridgehead atoms. The summed E-state index contributed by atoms with van der Waals surface area (Å²) in [5.41, 5.74) is 2.94. The van der Waals surface area contributed by atoms with Crippen LogP contribution in [0.3, 0.4) is 0 Å². The molecule has 0 saturated heterocycles. The number of nitrogens with zero attached hydrogens (tertiary/aromatic N) is 3. The molecule has 3 rings (SSSR count). The molecule has 0 aromatic carbocycles. The third-order valence-corrected chi connectivity index (χ3v) is 4.57. The van der Waals surface area contributed by atoms with Gasteiger partial charge in [0.05, 0.1) is 16.3 Å². The summed E-state index contributed by atoms with van der Waals surface area (Å²) in [6.45, 7) is 3.72. The van der Waals surface area contributed by atoms with E-state index in [0.29, 0.717) is 15.7 Å². The number of aryl methyl sites for hydroxylation is 2. The normalized spacial score (nSPS) is 10.1. The van der Waals surface area contributed by atoms with Gasteiger partial charge in [-0.2, -0.15) is 0 Å². The fraction of sp³-hybridized carbons (Fsp3) is 0.125. The first-order valence-electron chi connectivity index (χ1n) is 6.86. The minimum Gasteiger partial charge on any atom is -0.298 e. The zero-order valence-electron chi connectivity index (χ0n) is 12.9. The summed E-state index contributed by atoms with van der Waals surface area (Å²) in [5, 5.41) is 3.96. The van der Waals surface area contributed by atoms with E-state index in [-0.39, 0.29) is 18.3 Å². The Morgan fingerprint density at radius 1 is 1.25 bits per heavy atom. The Kier molecular flexibility index (Phi) is 5.88. The zero-order valence-corrected chi connectivity index (χ0v) is 15.3. The number of aromatic nitrogens is 3. The first kappa shape index (κ1) is 18.3. The van der Waals surface area contributed by atoms with E-state index >= 15 is 0 Å². The average molecular weight is 381 g/mol. The minimum absolute atomic E-state index is 0. The van der Waals surface area contributed by atoms with Crippen LogP contribution in [0.4, 0.5) is 5.13 Å². The second-order valence-electron chi connectivity index (χ2n) is 4.94. The van der Waals surface area contributed by atoms with Crippen LogP contribution in [-0.4, -0.2) is 20.9 Å². The van der Waals surface area contributed by atoms with Crippen LogP contribution in [0, 0.1) is 13.8 Å². The predicted molar refractivity (Wildman–Crippen MR) is 99.3 cm³/mol. The molecule has 0 aliphatic heterocycles. The Balaban J connectivity index is 0.00000208. The van der Waals surface area contributed by atoms with Gasteiger partial charge >= 0.3 is 0 Å². The monoisotopic (exact) mass is 380 g/mol. The molecule has 3 aromatic heterocycles. The van der Waals surface area contributed by atoms with Crippen LogP contribution in [0.1, 0.15) is 21.6 Å². The maximum absolute atomic E-state index is 12.3. The van der Waals surface area contributed by atoms with Gasteiger partial charge < -0.3 is 0 Å². The molecule has 0 unspecified atom stereocenters. The van der Waals surface area contributed by atoms with Crippen molar-refractivity contribution in [1.29, 1.82) is 0 Å². The lowest BCUT2D eigenvalue weighted by Gasteiger charge is -2.03. The number of carbonyl (C=O) groups is 1. The maximum Gasteiger partial charge on any atom is 0.257 e. The van der Waals surface area contributed by atoms with Gasteiger partial charge in [0.15, 0.2) is 5.13 Å². The number of amides is 1. The Hall–Kier alpha value is -2.02. The number of nitrogens with one attached hydrogen (secondary N) is 1. The Morgan fingerprint density at radius 2 is 2.04 bits per heavy atom. The Bertz CT molecular complexity index is 882. The number of carbonyl (C=O) groups excluding carboxylic acids is 1. The van der Waals surface area contributed by atoms with Crippen molar-refractivity contribution in [3.63, 3.8) is 0 Å². The molecule has 8 heteroatoms. The molecular weight excluding hydrogens is 367 g/mol. The van der Waals surface area contributed by atoms with Gasteiger partial charge in [0, 0.05) is 29.2 Å². The van der Waals surface area contributed by atoms with Gasteiger partial charge in [0.2, 0.25) is 0 Å². The summed E-state index contributed by atoms with van der Waals surface area (Å²) >= 11 is 7.37. The highest BCUT2D eigenvalue weighted by Gasteiger charge is 2.15. The summed E-state index contributed by atoms with van der Waals surface area (Å²) in [4.78, 5) is 25.9. The molecule has 0 aliphatic rings. The molecule has 24 heavy (non-hydrogen) atoms. The van der Waals surface area contributed by atoms with Crippen LogP contribution in [0.5, 0.6) is 0 Å². The second-order valence-corrected chi connectivity index (χ2v) is 6.37. The van der Waals surface area contributed by atoms with Gasteiger partial charge in [-0.1, -0.05) is 22.9 Å². The highest BCUT2D eigenvalue weighted by molar-refractivity contribution is 7.19. The summed E-state index contributed by atoms with van der Waals surface area (Å²) in [6, 6.07) is 5.18. The summed E-state index contributed by atoms with van der Waals surface area (Å²) in [5.74, 6) is -0.204. The number of thiazole rings is 1.